The van der Waals surface area contributed by atoms with Crippen molar-refractivity contribution in [3.63, 3.8) is 0 Å². The molecule has 4 aromatic heterocycles. The highest BCUT2D eigenvalue weighted by molar-refractivity contribution is 8.00. The van der Waals surface area contributed by atoms with Gasteiger partial charge in [0.2, 0.25) is 0 Å². The van der Waals surface area contributed by atoms with Gasteiger partial charge >= 0.3 is 0 Å². The summed E-state index contributed by atoms with van der Waals surface area (Å²) in [6.45, 7) is 0. The summed E-state index contributed by atoms with van der Waals surface area (Å²) in [4.78, 5) is 13.9. The number of thioether (sulfide) groups is 1. The van der Waals surface area contributed by atoms with Gasteiger partial charge in [-0.3, -0.25) is 0 Å². The molecule has 0 N–H and O–H groups in total. The fraction of sp³-hybridized carbons (Fsp3) is 0.0500. The topological polar surface area (TPSA) is 73.8 Å². The molecule has 0 spiro atoms. The zero-order chi connectivity index (χ0) is 20.1. The van der Waals surface area contributed by atoms with E-state index in [1.54, 1.807) is 44.8 Å². The Hall–Kier alpha value is -3.01. The van der Waals surface area contributed by atoms with Crippen molar-refractivity contribution in [2.24, 2.45) is 0 Å². The Bertz CT molecular complexity index is 1480. The molecule has 4 heterocycles. The van der Waals surface area contributed by atoms with E-state index in [2.05, 4.69) is 26.2 Å². The monoisotopic (exact) mass is 449 g/mol. The number of para-hydroxylation sites is 1. The summed E-state index contributed by atoms with van der Waals surface area (Å²) in [5.41, 5.74) is 3.37. The van der Waals surface area contributed by atoms with E-state index < -0.39 is 0 Å². The molecule has 0 aliphatic heterocycles. The van der Waals surface area contributed by atoms with Crippen molar-refractivity contribution in [2.45, 2.75) is 10.1 Å². The average Bonchev–Trinajstić information content (AvgIpc) is 3.47. The number of thiazole rings is 1. The molecule has 0 aliphatic carbocycles. The van der Waals surface area contributed by atoms with Crippen molar-refractivity contribution < 1.29 is 0 Å². The SMILES string of the molecule is Clc1ccc(-n2ncc3c2ncn2nc(CSc4nc5ccccc5s4)nc32)cc1. The summed E-state index contributed by atoms with van der Waals surface area (Å²) < 4.78 is 5.66. The van der Waals surface area contributed by atoms with Gasteiger partial charge in [0.05, 0.1) is 33.2 Å². The summed E-state index contributed by atoms with van der Waals surface area (Å²) in [6, 6.07) is 15.6. The van der Waals surface area contributed by atoms with Gasteiger partial charge in [-0.2, -0.15) is 5.10 Å². The van der Waals surface area contributed by atoms with E-state index in [9.17, 15) is 0 Å². The van der Waals surface area contributed by atoms with Crippen LogP contribution in [-0.2, 0) is 5.75 Å². The molecule has 0 unspecified atom stereocenters. The van der Waals surface area contributed by atoms with Crippen LogP contribution in [0.15, 0.2) is 65.4 Å². The van der Waals surface area contributed by atoms with E-state index in [4.69, 9.17) is 16.6 Å². The molecule has 10 heteroatoms. The highest BCUT2D eigenvalue weighted by atomic mass is 35.5. The highest BCUT2D eigenvalue weighted by Gasteiger charge is 2.14. The maximum atomic E-state index is 6.00. The Morgan fingerprint density at radius 1 is 1.00 bits per heavy atom. The van der Waals surface area contributed by atoms with Gasteiger partial charge in [0, 0.05) is 5.02 Å². The maximum absolute atomic E-state index is 6.00. The smallest absolute Gasteiger partial charge is 0.170 e. The molecule has 0 fully saturated rings. The van der Waals surface area contributed by atoms with Gasteiger partial charge in [0.1, 0.15) is 6.33 Å². The average molecular weight is 450 g/mol. The van der Waals surface area contributed by atoms with Crippen LogP contribution in [0.25, 0.3) is 32.6 Å². The van der Waals surface area contributed by atoms with Crippen LogP contribution in [0.4, 0.5) is 0 Å². The number of benzene rings is 2. The molecule has 0 amide bonds. The molecule has 0 radical (unpaired) electrons. The number of nitrogens with zero attached hydrogens (tertiary/aromatic N) is 7. The van der Waals surface area contributed by atoms with Crippen molar-refractivity contribution in [3.05, 3.63) is 71.9 Å². The number of rotatable bonds is 4. The second-order valence-corrected chi connectivity index (χ2v) is 9.24. The van der Waals surface area contributed by atoms with Crippen molar-refractivity contribution in [1.29, 1.82) is 0 Å². The molecule has 6 rings (SSSR count). The molecule has 30 heavy (non-hydrogen) atoms. The van der Waals surface area contributed by atoms with Gasteiger partial charge in [-0.25, -0.2) is 24.1 Å². The molecule has 0 bridgehead atoms. The van der Waals surface area contributed by atoms with E-state index in [-0.39, 0.29) is 0 Å². The van der Waals surface area contributed by atoms with Crippen molar-refractivity contribution >= 4 is 61.6 Å². The third-order valence-corrected chi connectivity index (χ3v) is 7.05. The Morgan fingerprint density at radius 2 is 1.87 bits per heavy atom. The molecular formula is C20H12ClN7S2. The highest BCUT2D eigenvalue weighted by Crippen LogP contribution is 2.31. The zero-order valence-electron chi connectivity index (χ0n) is 15.3. The van der Waals surface area contributed by atoms with E-state index in [0.29, 0.717) is 10.8 Å². The van der Waals surface area contributed by atoms with Gasteiger partial charge in [0.15, 0.2) is 21.5 Å². The molecule has 2 aromatic carbocycles. The normalized spacial score (nSPS) is 11.8. The largest absolute Gasteiger partial charge is 0.230 e. The van der Waals surface area contributed by atoms with Gasteiger partial charge in [-0.15, -0.1) is 16.4 Å². The molecule has 146 valence electrons. The quantitative estimate of drug-likeness (QED) is 0.352. The third kappa shape index (κ3) is 3.02. The number of fused-ring (bicyclic) bond motifs is 4. The molecule has 6 aromatic rings. The Labute approximate surface area is 183 Å². The predicted octanol–water partition coefficient (Wildman–Crippen LogP) is 5.02. The fourth-order valence-electron chi connectivity index (χ4n) is 3.24. The number of hydrogen-bond acceptors (Lipinski definition) is 7. The van der Waals surface area contributed by atoms with Crippen LogP contribution < -0.4 is 0 Å². The first-order chi connectivity index (χ1) is 14.7. The Kier molecular flexibility index (Phi) is 4.19. The minimum absolute atomic E-state index is 0.633. The van der Waals surface area contributed by atoms with Crippen molar-refractivity contribution in [1.82, 2.24) is 34.3 Å². The minimum Gasteiger partial charge on any atom is -0.230 e. The van der Waals surface area contributed by atoms with Crippen LogP contribution in [-0.4, -0.2) is 34.3 Å². The van der Waals surface area contributed by atoms with Gasteiger partial charge < -0.3 is 0 Å². The molecule has 0 saturated heterocycles. The van der Waals surface area contributed by atoms with E-state index in [1.165, 1.54) is 4.70 Å². The molecule has 0 aliphatic rings. The number of halogens is 1. The second kappa shape index (κ2) is 7.05. The van der Waals surface area contributed by atoms with Gasteiger partial charge in [-0.05, 0) is 36.4 Å². The lowest BCUT2D eigenvalue weighted by molar-refractivity contribution is 0.874. The first-order valence-corrected chi connectivity index (χ1v) is 11.2. The molecule has 0 atom stereocenters. The number of aromatic nitrogens is 7. The maximum Gasteiger partial charge on any atom is 0.170 e. The van der Waals surface area contributed by atoms with Crippen LogP contribution in [0.3, 0.4) is 0 Å². The predicted molar refractivity (Wildman–Crippen MR) is 120 cm³/mol. The van der Waals surface area contributed by atoms with E-state index in [1.807, 2.05) is 42.5 Å². The van der Waals surface area contributed by atoms with E-state index >= 15 is 0 Å². The summed E-state index contributed by atoms with van der Waals surface area (Å²) in [5.74, 6) is 1.36. The second-order valence-electron chi connectivity index (χ2n) is 6.55. The van der Waals surface area contributed by atoms with E-state index in [0.717, 1.165) is 38.0 Å². The molecular weight excluding hydrogens is 438 g/mol. The fourth-order valence-corrected chi connectivity index (χ4v) is 5.28. The first kappa shape index (κ1) is 17.8. The Morgan fingerprint density at radius 3 is 2.73 bits per heavy atom. The number of hydrogen-bond donors (Lipinski definition) is 0. The van der Waals surface area contributed by atoms with Crippen LogP contribution in [0.2, 0.25) is 5.02 Å². The van der Waals surface area contributed by atoms with Crippen LogP contribution in [0.5, 0.6) is 0 Å². The Balaban J connectivity index is 1.33. The van der Waals surface area contributed by atoms with Crippen LogP contribution in [0, 0.1) is 0 Å². The lowest BCUT2D eigenvalue weighted by atomic mass is 10.3. The van der Waals surface area contributed by atoms with Gasteiger partial charge in [0.25, 0.3) is 0 Å². The van der Waals surface area contributed by atoms with Crippen molar-refractivity contribution in [3.8, 4) is 5.69 Å². The summed E-state index contributed by atoms with van der Waals surface area (Å²) in [5, 5.41) is 10.6. The van der Waals surface area contributed by atoms with Crippen LogP contribution >= 0.6 is 34.7 Å². The minimum atomic E-state index is 0.633. The summed E-state index contributed by atoms with van der Waals surface area (Å²) in [7, 11) is 0. The zero-order valence-corrected chi connectivity index (χ0v) is 17.7. The molecule has 0 saturated carbocycles. The third-order valence-electron chi connectivity index (χ3n) is 4.62. The first-order valence-electron chi connectivity index (χ1n) is 9.07. The summed E-state index contributed by atoms with van der Waals surface area (Å²) in [6.07, 6.45) is 3.44. The van der Waals surface area contributed by atoms with Crippen molar-refractivity contribution in [2.75, 3.05) is 0 Å². The summed E-state index contributed by atoms with van der Waals surface area (Å²) >= 11 is 9.32. The lowest BCUT2D eigenvalue weighted by Crippen LogP contribution is -1.98. The van der Waals surface area contributed by atoms with Gasteiger partial charge in [-0.1, -0.05) is 35.5 Å². The standard InChI is InChI=1S/C20H12ClN7S2/c21-12-5-7-13(8-6-12)28-18-14(9-23-28)19-25-17(26-27(19)11-22-18)10-29-20-24-15-3-1-2-4-16(15)30-20/h1-9,11H,10H2. The lowest BCUT2D eigenvalue weighted by Gasteiger charge is -2.02. The molecule has 7 nitrogen and oxygen atoms in total. The van der Waals surface area contributed by atoms with Crippen LogP contribution in [0.1, 0.15) is 5.82 Å².